The predicted molar refractivity (Wildman–Crippen MR) is 233 cm³/mol. The van der Waals surface area contributed by atoms with Crippen molar-refractivity contribution in [2.45, 2.75) is 0 Å². The lowest BCUT2D eigenvalue weighted by atomic mass is 9.96. The minimum Gasteiger partial charge on any atom is -0.208 e. The highest BCUT2D eigenvalue weighted by atomic mass is 15.0. The molecule has 0 aliphatic rings. The van der Waals surface area contributed by atoms with Crippen molar-refractivity contribution in [1.82, 2.24) is 15.0 Å². The minimum absolute atomic E-state index is 0.626. The maximum Gasteiger partial charge on any atom is 0.164 e. The zero-order valence-electron chi connectivity index (χ0n) is 30.5. The fraction of sp³-hybridized carbons (Fsp3) is 0. The van der Waals surface area contributed by atoms with Gasteiger partial charge in [0.25, 0.3) is 0 Å². The lowest BCUT2D eigenvalue weighted by Gasteiger charge is -2.13. The quantitative estimate of drug-likeness (QED) is 0.165. The molecule has 1 heterocycles. The summed E-state index contributed by atoms with van der Waals surface area (Å²) in [5.41, 5.74) is 12.0. The molecule has 10 rings (SSSR count). The molecule has 0 atom stereocenters. The van der Waals surface area contributed by atoms with Gasteiger partial charge in [0.1, 0.15) is 0 Å². The van der Waals surface area contributed by atoms with Gasteiger partial charge < -0.3 is 0 Å². The van der Waals surface area contributed by atoms with Crippen LogP contribution in [0.5, 0.6) is 0 Å². The molecule has 0 bridgehead atoms. The molecule has 0 saturated heterocycles. The van der Waals surface area contributed by atoms with E-state index in [1.54, 1.807) is 0 Å². The van der Waals surface area contributed by atoms with Crippen LogP contribution in [0.2, 0.25) is 0 Å². The molecular weight excluding hydrogens is 679 g/mol. The Balaban J connectivity index is 1.07. The summed E-state index contributed by atoms with van der Waals surface area (Å²) in [5, 5.41) is 4.79. The van der Waals surface area contributed by atoms with Crippen molar-refractivity contribution in [3.05, 3.63) is 212 Å². The van der Waals surface area contributed by atoms with Gasteiger partial charge in [0.15, 0.2) is 17.5 Å². The van der Waals surface area contributed by atoms with Gasteiger partial charge in [0.05, 0.1) is 0 Å². The molecule has 0 aliphatic carbocycles. The monoisotopic (exact) mass is 713 g/mol. The van der Waals surface area contributed by atoms with E-state index in [9.17, 15) is 0 Å². The highest BCUT2D eigenvalue weighted by Crippen LogP contribution is 2.35. The summed E-state index contributed by atoms with van der Waals surface area (Å²) in [4.78, 5) is 15.5. The number of rotatable bonds is 7. The highest BCUT2D eigenvalue weighted by molar-refractivity contribution is 5.97. The van der Waals surface area contributed by atoms with Gasteiger partial charge in [0, 0.05) is 16.7 Å². The molecule has 0 aliphatic heterocycles. The van der Waals surface area contributed by atoms with Gasteiger partial charge in [-0.05, 0) is 84.3 Å². The van der Waals surface area contributed by atoms with Crippen LogP contribution in [0.3, 0.4) is 0 Å². The average molecular weight is 714 g/mol. The van der Waals surface area contributed by atoms with Crippen molar-refractivity contribution < 1.29 is 0 Å². The molecule has 56 heavy (non-hydrogen) atoms. The van der Waals surface area contributed by atoms with E-state index >= 15 is 0 Å². The van der Waals surface area contributed by atoms with Gasteiger partial charge in [-0.1, -0.05) is 194 Å². The van der Waals surface area contributed by atoms with E-state index in [0.29, 0.717) is 17.5 Å². The second-order valence-electron chi connectivity index (χ2n) is 14.0. The molecule has 1 aromatic heterocycles. The molecule has 9 aromatic carbocycles. The molecule has 0 saturated carbocycles. The number of nitrogens with zero attached hydrogens (tertiary/aromatic N) is 3. The Kier molecular flexibility index (Phi) is 8.51. The van der Waals surface area contributed by atoms with Crippen LogP contribution in [0.1, 0.15) is 0 Å². The van der Waals surface area contributed by atoms with Crippen molar-refractivity contribution in [3.63, 3.8) is 0 Å². The maximum atomic E-state index is 5.19. The van der Waals surface area contributed by atoms with Crippen molar-refractivity contribution in [2.24, 2.45) is 0 Å². The van der Waals surface area contributed by atoms with Gasteiger partial charge in [-0.2, -0.15) is 0 Å². The molecule has 3 heteroatoms. The number of hydrogen-bond donors (Lipinski definition) is 0. The van der Waals surface area contributed by atoms with Gasteiger partial charge >= 0.3 is 0 Å². The Hall–Kier alpha value is -7.49. The summed E-state index contributed by atoms with van der Waals surface area (Å²) in [6.07, 6.45) is 0. The summed E-state index contributed by atoms with van der Waals surface area (Å²) in [7, 11) is 0. The molecule has 0 fully saturated rings. The second-order valence-corrected chi connectivity index (χ2v) is 14.0. The molecule has 0 amide bonds. The Morgan fingerprint density at radius 3 is 1.41 bits per heavy atom. The molecule has 0 N–H and O–H groups in total. The van der Waals surface area contributed by atoms with Crippen LogP contribution < -0.4 is 0 Å². The largest absolute Gasteiger partial charge is 0.208 e. The van der Waals surface area contributed by atoms with E-state index in [1.807, 2.05) is 18.2 Å². The average Bonchev–Trinajstić information content (AvgIpc) is 3.29. The fourth-order valence-electron chi connectivity index (χ4n) is 7.65. The number of fused-ring (bicyclic) bond motifs is 2. The Bertz CT molecular complexity index is 3000. The van der Waals surface area contributed by atoms with E-state index in [-0.39, 0.29) is 0 Å². The first-order chi connectivity index (χ1) is 27.7. The maximum absolute atomic E-state index is 5.19. The smallest absolute Gasteiger partial charge is 0.164 e. The SMILES string of the molecule is c1ccc(-c2ccc3cc(-c4nc(-c5cccc(-c6ccc(-c7cccc8ccccc78)cc6)c5)nc(-c5ccccc5-c5ccccc5)n4)ccc3c2)cc1. The van der Waals surface area contributed by atoms with Crippen molar-refractivity contribution in [1.29, 1.82) is 0 Å². The van der Waals surface area contributed by atoms with Crippen LogP contribution in [0, 0.1) is 0 Å². The molecule has 3 nitrogen and oxygen atoms in total. The highest BCUT2D eigenvalue weighted by Gasteiger charge is 2.17. The molecule has 10 aromatic rings. The van der Waals surface area contributed by atoms with Crippen molar-refractivity contribution in [3.8, 4) is 78.7 Å². The van der Waals surface area contributed by atoms with Gasteiger partial charge in [-0.3, -0.25) is 0 Å². The number of hydrogen-bond acceptors (Lipinski definition) is 3. The normalized spacial score (nSPS) is 11.2. The van der Waals surface area contributed by atoms with E-state index in [2.05, 4.69) is 194 Å². The lowest BCUT2D eigenvalue weighted by Crippen LogP contribution is -2.01. The molecule has 0 unspecified atom stereocenters. The first kappa shape index (κ1) is 33.1. The topological polar surface area (TPSA) is 38.7 Å². The van der Waals surface area contributed by atoms with Gasteiger partial charge in [-0.25, -0.2) is 15.0 Å². The van der Waals surface area contributed by atoms with Crippen LogP contribution in [-0.2, 0) is 0 Å². The Morgan fingerprint density at radius 2 is 0.643 bits per heavy atom. The molecule has 0 spiro atoms. The van der Waals surface area contributed by atoms with Crippen LogP contribution in [0.25, 0.3) is 100 Å². The standard InChI is InChI=1S/C53H35N3/c1-3-13-36(14-4-1)42-29-30-44-35-46(32-31-43(44)33-42)52-54-51(55-53(56-52)50-23-10-9-22-49(50)38-15-5-2-6-16-38)45-20-11-19-41(34-45)37-25-27-40(28-26-37)48-24-12-18-39-17-7-8-21-47(39)48/h1-35H. The Morgan fingerprint density at radius 1 is 0.214 bits per heavy atom. The van der Waals surface area contributed by atoms with Crippen molar-refractivity contribution >= 4 is 21.5 Å². The van der Waals surface area contributed by atoms with Gasteiger partial charge in [0.2, 0.25) is 0 Å². The van der Waals surface area contributed by atoms with E-state index in [4.69, 9.17) is 15.0 Å². The summed E-state index contributed by atoms with van der Waals surface area (Å²) in [6.45, 7) is 0. The van der Waals surface area contributed by atoms with Crippen LogP contribution in [0.15, 0.2) is 212 Å². The second kappa shape index (κ2) is 14.4. The van der Waals surface area contributed by atoms with Crippen LogP contribution in [-0.4, -0.2) is 15.0 Å². The third kappa shape index (κ3) is 6.42. The lowest BCUT2D eigenvalue weighted by molar-refractivity contribution is 1.07. The first-order valence-corrected chi connectivity index (χ1v) is 18.9. The third-order valence-electron chi connectivity index (χ3n) is 10.5. The first-order valence-electron chi connectivity index (χ1n) is 18.9. The van der Waals surface area contributed by atoms with Crippen LogP contribution in [0.4, 0.5) is 0 Å². The Labute approximate surface area is 326 Å². The summed E-state index contributed by atoms with van der Waals surface area (Å²) in [5.74, 6) is 1.89. The van der Waals surface area contributed by atoms with E-state index in [1.165, 1.54) is 38.4 Å². The third-order valence-corrected chi connectivity index (χ3v) is 10.5. The zero-order valence-corrected chi connectivity index (χ0v) is 30.5. The molecule has 0 radical (unpaired) electrons. The van der Waals surface area contributed by atoms with Gasteiger partial charge in [-0.15, -0.1) is 0 Å². The zero-order chi connectivity index (χ0) is 37.3. The fourth-order valence-corrected chi connectivity index (χ4v) is 7.65. The van der Waals surface area contributed by atoms with E-state index in [0.717, 1.165) is 44.3 Å². The number of aromatic nitrogens is 3. The summed E-state index contributed by atoms with van der Waals surface area (Å²) in [6, 6.07) is 74.7. The predicted octanol–water partition coefficient (Wildman–Crippen LogP) is 13.8. The van der Waals surface area contributed by atoms with E-state index < -0.39 is 0 Å². The molecular formula is C53H35N3. The van der Waals surface area contributed by atoms with Crippen molar-refractivity contribution in [2.75, 3.05) is 0 Å². The number of benzene rings is 9. The summed E-state index contributed by atoms with van der Waals surface area (Å²) >= 11 is 0. The minimum atomic E-state index is 0.626. The van der Waals surface area contributed by atoms with Crippen LogP contribution >= 0.6 is 0 Å². The molecule has 262 valence electrons. The summed E-state index contributed by atoms with van der Waals surface area (Å²) < 4.78 is 0.